The van der Waals surface area contributed by atoms with Gasteiger partial charge in [-0.2, -0.15) is 0 Å². The zero-order valence-corrected chi connectivity index (χ0v) is 10.7. The van der Waals surface area contributed by atoms with E-state index in [1.165, 1.54) is 84.1 Å². The van der Waals surface area contributed by atoms with Crippen LogP contribution in [-0.2, 0) is 0 Å². The number of rotatable bonds is 4. The summed E-state index contributed by atoms with van der Waals surface area (Å²) in [6.07, 6.45) is 11.5. The van der Waals surface area contributed by atoms with Crippen LogP contribution >= 0.6 is 0 Å². The van der Waals surface area contributed by atoms with Gasteiger partial charge in [-0.05, 0) is 77.2 Å². The highest BCUT2D eigenvalue weighted by Crippen LogP contribution is 2.17. The first kappa shape index (κ1) is 12.4. The van der Waals surface area contributed by atoms with Crippen LogP contribution in [0, 0.1) is 5.92 Å². The summed E-state index contributed by atoms with van der Waals surface area (Å²) in [6.45, 7) is 6.62. The van der Waals surface area contributed by atoms with Gasteiger partial charge in [0.2, 0.25) is 0 Å². The van der Waals surface area contributed by atoms with E-state index in [4.69, 9.17) is 0 Å². The molecule has 2 nitrogen and oxygen atoms in total. The Labute approximate surface area is 101 Å². The van der Waals surface area contributed by atoms with Crippen LogP contribution in [0.1, 0.15) is 51.4 Å². The summed E-state index contributed by atoms with van der Waals surface area (Å²) in [6, 6.07) is 0. The quantitative estimate of drug-likeness (QED) is 0.790. The smallest absolute Gasteiger partial charge is 0.00186 e. The van der Waals surface area contributed by atoms with Crippen molar-refractivity contribution in [1.82, 2.24) is 10.2 Å². The van der Waals surface area contributed by atoms with E-state index >= 15 is 0 Å². The minimum Gasteiger partial charge on any atom is -0.316 e. The summed E-state index contributed by atoms with van der Waals surface area (Å²) in [5, 5.41) is 3.52. The molecule has 2 heteroatoms. The second kappa shape index (κ2) is 7.29. The molecule has 2 heterocycles. The van der Waals surface area contributed by atoms with E-state index in [1.54, 1.807) is 0 Å². The maximum atomic E-state index is 3.52. The monoisotopic (exact) mass is 224 g/mol. The molecular formula is C14H28N2. The molecule has 2 rings (SSSR count). The average Bonchev–Trinajstić information content (AvgIpc) is 2.59. The lowest BCUT2D eigenvalue weighted by molar-refractivity contribution is 0.260. The summed E-state index contributed by atoms with van der Waals surface area (Å²) in [4.78, 5) is 2.70. The Morgan fingerprint density at radius 3 is 2.50 bits per heavy atom. The molecule has 0 spiro atoms. The highest BCUT2D eigenvalue weighted by atomic mass is 15.1. The molecule has 0 aromatic heterocycles. The topological polar surface area (TPSA) is 15.3 Å². The fourth-order valence-electron chi connectivity index (χ4n) is 3.13. The number of nitrogens with zero attached hydrogens (tertiary/aromatic N) is 1. The lowest BCUT2D eigenvalue weighted by Crippen LogP contribution is -2.31. The van der Waals surface area contributed by atoms with E-state index in [1.807, 2.05) is 0 Å². The van der Waals surface area contributed by atoms with Crippen LogP contribution in [0.15, 0.2) is 0 Å². The zero-order valence-electron chi connectivity index (χ0n) is 10.7. The number of hydrogen-bond donors (Lipinski definition) is 1. The summed E-state index contributed by atoms with van der Waals surface area (Å²) >= 11 is 0. The van der Waals surface area contributed by atoms with Crippen LogP contribution < -0.4 is 5.32 Å². The summed E-state index contributed by atoms with van der Waals surface area (Å²) in [5.74, 6) is 0.973. The van der Waals surface area contributed by atoms with Crippen molar-refractivity contribution in [3.05, 3.63) is 0 Å². The van der Waals surface area contributed by atoms with Crippen molar-refractivity contribution in [2.24, 2.45) is 5.92 Å². The van der Waals surface area contributed by atoms with E-state index in [2.05, 4.69) is 10.2 Å². The molecule has 2 saturated heterocycles. The van der Waals surface area contributed by atoms with Gasteiger partial charge in [-0.1, -0.05) is 12.8 Å². The molecule has 0 aromatic rings. The van der Waals surface area contributed by atoms with Crippen molar-refractivity contribution in [3.8, 4) is 0 Å². The van der Waals surface area contributed by atoms with Crippen molar-refractivity contribution in [3.63, 3.8) is 0 Å². The van der Waals surface area contributed by atoms with E-state index in [0.29, 0.717) is 0 Å². The molecule has 0 aromatic carbocycles. The first-order valence-electron chi connectivity index (χ1n) is 7.38. The number of piperidine rings is 1. The fraction of sp³-hybridized carbons (Fsp3) is 1.00. The van der Waals surface area contributed by atoms with Gasteiger partial charge >= 0.3 is 0 Å². The van der Waals surface area contributed by atoms with Gasteiger partial charge in [0.1, 0.15) is 0 Å². The van der Waals surface area contributed by atoms with Crippen LogP contribution in [0.25, 0.3) is 0 Å². The third-order valence-electron chi connectivity index (χ3n) is 4.18. The van der Waals surface area contributed by atoms with Gasteiger partial charge in [-0.15, -0.1) is 0 Å². The van der Waals surface area contributed by atoms with Gasteiger partial charge in [0, 0.05) is 0 Å². The Balaban J connectivity index is 1.55. The van der Waals surface area contributed by atoms with E-state index in [-0.39, 0.29) is 0 Å². The Hall–Kier alpha value is -0.0800. The maximum Gasteiger partial charge on any atom is -0.00186 e. The van der Waals surface area contributed by atoms with E-state index in [0.717, 1.165) is 5.92 Å². The molecule has 0 saturated carbocycles. The first-order valence-corrected chi connectivity index (χ1v) is 7.38. The second-order valence-electron chi connectivity index (χ2n) is 5.61. The summed E-state index contributed by atoms with van der Waals surface area (Å²) in [5.41, 5.74) is 0. The number of likely N-dealkylation sites (tertiary alicyclic amines) is 1. The molecule has 0 aliphatic carbocycles. The van der Waals surface area contributed by atoms with Crippen LogP contribution in [0.4, 0.5) is 0 Å². The number of hydrogen-bond acceptors (Lipinski definition) is 2. The van der Waals surface area contributed by atoms with Gasteiger partial charge in [0.25, 0.3) is 0 Å². The Morgan fingerprint density at radius 1 is 1.00 bits per heavy atom. The zero-order chi connectivity index (χ0) is 11.1. The Morgan fingerprint density at radius 2 is 1.81 bits per heavy atom. The molecule has 0 bridgehead atoms. The Bertz CT molecular complexity index is 168. The largest absolute Gasteiger partial charge is 0.316 e. The van der Waals surface area contributed by atoms with Crippen molar-refractivity contribution in [2.45, 2.75) is 51.4 Å². The van der Waals surface area contributed by atoms with Crippen LogP contribution in [0.2, 0.25) is 0 Å². The number of nitrogens with one attached hydrogen (secondary N) is 1. The minimum absolute atomic E-state index is 0.973. The molecular weight excluding hydrogens is 196 g/mol. The maximum absolute atomic E-state index is 3.52. The third-order valence-corrected chi connectivity index (χ3v) is 4.18. The highest BCUT2D eigenvalue weighted by molar-refractivity contribution is 4.70. The molecule has 16 heavy (non-hydrogen) atoms. The Kier molecular flexibility index (Phi) is 5.64. The van der Waals surface area contributed by atoms with Gasteiger partial charge < -0.3 is 10.2 Å². The third kappa shape index (κ3) is 4.42. The van der Waals surface area contributed by atoms with E-state index in [9.17, 15) is 0 Å². The van der Waals surface area contributed by atoms with Gasteiger partial charge in [0.15, 0.2) is 0 Å². The van der Waals surface area contributed by atoms with Gasteiger partial charge in [-0.3, -0.25) is 0 Å². The second-order valence-corrected chi connectivity index (χ2v) is 5.61. The summed E-state index contributed by atoms with van der Waals surface area (Å²) < 4.78 is 0. The minimum atomic E-state index is 0.973. The predicted molar refractivity (Wildman–Crippen MR) is 69.7 cm³/mol. The fourth-order valence-corrected chi connectivity index (χ4v) is 3.13. The molecule has 0 amide bonds. The molecule has 94 valence electrons. The van der Waals surface area contributed by atoms with Crippen molar-refractivity contribution in [2.75, 3.05) is 32.7 Å². The molecule has 2 aliphatic heterocycles. The van der Waals surface area contributed by atoms with Crippen molar-refractivity contribution < 1.29 is 0 Å². The van der Waals surface area contributed by atoms with Gasteiger partial charge in [-0.25, -0.2) is 0 Å². The van der Waals surface area contributed by atoms with Crippen LogP contribution in [0.5, 0.6) is 0 Å². The molecule has 0 radical (unpaired) electrons. The van der Waals surface area contributed by atoms with Crippen LogP contribution in [0.3, 0.4) is 0 Å². The normalized spacial score (nSPS) is 28.9. The average molecular weight is 224 g/mol. The molecule has 1 unspecified atom stereocenters. The lowest BCUT2D eigenvalue weighted by atomic mass is 9.94. The summed E-state index contributed by atoms with van der Waals surface area (Å²) in [7, 11) is 0. The molecule has 1 atom stereocenters. The predicted octanol–water partition coefficient (Wildman–Crippen LogP) is 2.64. The first-order chi connectivity index (χ1) is 7.95. The van der Waals surface area contributed by atoms with Crippen molar-refractivity contribution >= 4 is 0 Å². The van der Waals surface area contributed by atoms with Gasteiger partial charge in [0.05, 0.1) is 0 Å². The highest BCUT2D eigenvalue weighted by Gasteiger charge is 2.13. The SMILES string of the molecule is C1CCCN(CCCC2CCCNC2)CC1. The lowest BCUT2D eigenvalue weighted by Gasteiger charge is -2.24. The van der Waals surface area contributed by atoms with Crippen molar-refractivity contribution in [1.29, 1.82) is 0 Å². The molecule has 2 aliphatic rings. The van der Waals surface area contributed by atoms with Crippen LogP contribution in [-0.4, -0.2) is 37.6 Å². The molecule has 1 N–H and O–H groups in total. The molecule has 2 fully saturated rings. The standard InChI is InChI=1S/C14H28N2/c1-2-4-11-16(10-3-1)12-6-8-14-7-5-9-15-13-14/h14-15H,1-13H2. The van der Waals surface area contributed by atoms with E-state index < -0.39 is 0 Å².